The van der Waals surface area contributed by atoms with Crippen LogP contribution in [0, 0.1) is 5.41 Å². The SMILES string of the molecule is CCCCCN1C=C(c2ccc(-c3cncc(Cl)c3N3CCC4(CCNC4=O)CC3)cc2)CN1. The molecule has 4 heterocycles. The second-order valence-electron chi connectivity index (χ2n) is 9.76. The molecule has 3 aliphatic heterocycles. The van der Waals surface area contributed by atoms with Gasteiger partial charge in [-0.3, -0.25) is 9.78 Å². The Kier molecular flexibility index (Phi) is 6.79. The van der Waals surface area contributed by atoms with Crippen LogP contribution in [0.4, 0.5) is 5.69 Å². The van der Waals surface area contributed by atoms with E-state index in [0.717, 1.165) is 68.8 Å². The summed E-state index contributed by atoms with van der Waals surface area (Å²) in [6, 6.07) is 8.72. The van der Waals surface area contributed by atoms with Gasteiger partial charge in [0.05, 0.1) is 16.1 Å². The number of carbonyl (C=O) groups excluding carboxylic acids is 1. The van der Waals surface area contributed by atoms with Gasteiger partial charge in [0, 0.05) is 56.9 Å². The van der Waals surface area contributed by atoms with E-state index in [-0.39, 0.29) is 11.3 Å². The summed E-state index contributed by atoms with van der Waals surface area (Å²) < 4.78 is 0. The van der Waals surface area contributed by atoms with Gasteiger partial charge < -0.3 is 15.2 Å². The third-order valence-corrected chi connectivity index (χ3v) is 7.91. The van der Waals surface area contributed by atoms with E-state index in [9.17, 15) is 4.79 Å². The van der Waals surface area contributed by atoms with Crippen molar-refractivity contribution in [3.05, 3.63) is 53.4 Å². The van der Waals surface area contributed by atoms with Crippen molar-refractivity contribution in [2.75, 3.05) is 37.6 Å². The van der Waals surface area contributed by atoms with Crippen molar-refractivity contribution >= 4 is 28.8 Å². The van der Waals surface area contributed by atoms with Gasteiger partial charge in [0.25, 0.3) is 0 Å². The quantitative estimate of drug-likeness (QED) is 0.555. The average Bonchev–Trinajstić information content (AvgIpc) is 3.47. The van der Waals surface area contributed by atoms with Crippen molar-refractivity contribution < 1.29 is 4.79 Å². The van der Waals surface area contributed by atoms with E-state index in [0.29, 0.717) is 5.02 Å². The molecule has 180 valence electrons. The highest BCUT2D eigenvalue weighted by atomic mass is 35.5. The van der Waals surface area contributed by atoms with Crippen LogP contribution in [0.25, 0.3) is 16.7 Å². The number of piperidine rings is 1. The zero-order chi connectivity index (χ0) is 23.5. The summed E-state index contributed by atoms with van der Waals surface area (Å²) in [5.74, 6) is 0.225. The second kappa shape index (κ2) is 9.96. The fraction of sp³-hybridized carbons (Fsp3) is 0.481. The highest BCUT2D eigenvalue weighted by molar-refractivity contribution is 6.33. The Hall–Kier alpha value is -2.57. The van der Waals surface area contributed by atoms with E-state index in [1.165, 1.54) is 30.4 Å². The van der Waals surface area contributed by atoms with E-state index in [4.69, 9.17) is 11.6 Å². The summed E-state index contributed by atoms with van der Waals surface area (Å²) >= 11 is 6.69. The topological polar surface area (TPSA) is 60.5 Å². The molecule has 0 bridgehead atoms. The molecule has 1 aromatic carbocycles. The lowest BCUT2D eigenvalue weighted by atomic mass is 9.77. The van der Waals surface area contributed by atoms with E-state index >= 15 is 0 Å². The third kappa shape index (κ3) is 4.53. The molecule has 5 rings (SSSR count). The lowest BCUT2D eigenvalue weighted by Crippen LogP contribution is -2.44. The minimum absolute atomic E-state index is 0.189. The lowest BCUT2D eigenvalue weighted by molar-refractivity contribution is -0.128. The number of anilines is 1. The molecule has 0 radical (unpaired) electrons. The number of nitrogens with zero attached hydrogens (tertiary/aromatic N) is 3. The van der Waals surface area contributed by atoms with Crippen LogP contribution in [0.5, 0.6) is 0 Å². The van der Waals surface area contributed by atoms with Gasteiger partial charge in [-0.1, -0.05) is 55.6 Å². The van der Waals surface area contributed by atoms with Crippen LogP contribution in [-0.2, 0) is 4.79 Å². The number of unbranched alkanes of at least 4 members (excludes halogenated alkanes) is 2. The smallest absolute Gasteiger partial charge is 0.226 e. The van der Waals surface area contributed by atoms with Gasteiger partial charge in [0.1, 0.15) is 0 Å². The Bertz CT molecular complexity index is 1060. The average molecular weight is 480 g/mol. The number of hydrogen-bond acceptors (Lipinski definition) is 5. The molecule has 2 fully saturated rings. The number of aromatic nitrogens is 1. The molecular formula is C27H34ClN5O. The Morgan fingerprint density at radius 2 is 1.82 bits per heavy atom. The highest BCUT2D eigenvalue weighted by Crippen LogP contribution is 2.43. The molecule has 1 spiro atoms. The number of benzene rings is 1. The van der Waals surface area contributed by atoms with Crippen LogP contribution < -0.4 is 15.6 Å². The summed E-state index contributed by atoms with van der Waals surface area (Å²) in [5.41, 5.74) is 9.01. The van der Waals surface area contributed by atoms with E-state index < -0.39 is 0 Å². The number of hydrazine groups is 1. The minimum Gasteiger partial charge on any atom is -0.370 e. The fourth-order valence-corrected chi connectivity index (χ4v) is 5.77. The molecule has 2 N–H and O–H groups in total. The van der Waals surface area contributed by atoms with Gasteiger partial charge >= 0.3 is 0 Å². The second-order valence-corrected chi connectivity index (χ2v) is 10.2. The molecule has 7 heteroatoms. The number of amides is 1. The number of rotatable bonds is 7. The predicted octanol–water partition coefficient (Wildman–Crippen LogP) is 4.86. The van der Waals surface area contributed by atoms with Crippen molar-refractivity contribution in [1.29, 1.82) is 0 Å². The molecule has 0 atom stereocenters. The molecule has 0 aliphatic carbocycles. The maximum atomic E-state index is 12.4. The van der Waals surface area contributed by atoms with Gasteiger partial charge in [0.15, 0.2) is 0 Å². The predicted molar refractivity (Wildman–Crippen MR) is 138 cm³/mol. The van der Waals surface area contributed by atoms with Crippen molar-refractivity contribution in [2.45, 2.75) is 45.4 Å². The number of hydrogen-bond donors (Lipinski definition) is 2. The molecule has 0 unspecified atom stereocenters. The summed E-state index contributed by atoms with van der Waals surface area (Å²) in [4.78, 5) is 19.1. The van der Waals surface area contributed by atoms with Crippen LogP contribution in [0.3, 0.4) is 0 Å². The number of carbonyl (C=O) groups is 1. The standard InChI is InChI=1S/C27H34ClN5O/c1-2-3-4-13-33-19-22(16-31-33)20-5-7-21(8-6-20)23-17-29-18-24(28)25(23)32-14-10-27(11-15-32)9-12-30-26(27)34/h5-8,17-19,31H,2-4,9-16H2,1H3,(H,30,34). The van der Waals surface area contributed by atoms with Crippen molar-refractivity contribution in [3.63, 3.8) is 0 Å². The first-order chi connectivity index (χ1) is 16.6. The monoisotopic (exact) mass is 479 g/mol. The third-order valence-electron chi connectivity index (χ3n) is 7.63. The van der Waals surface area contributed by atoms with E-state index in [1.807, 2.05) is 6.20 Å². The van der Waals surface area contributed by atoms with Gasteiger partial charge in [-0.05, 0) is 42.4 Å². The molecule has 6 nitrogen and oxygen atoms in total. The Morgan fingerprint density at radius 3 is 2.53 bits per heavy atom. The summed E-state index contributed by atoms with van der Waals surface area (Å²) in [6.07, 6.45) is 12.3. The summed E-state index contributed by atoms with van der Waals surface area (Å²) in [5, 5.41) is 5.90. The number of pyridine rings is 1. The van der Waals surface area contributed by atoms with Gasteiger partial charge in [-0.15, -0.1) is 0 Å². The van der Waals surface area contributed by atoms with Crippen molar-refractivity contribution in [2.24, 2.45) is 5.41 Å². The summed E-state index contributed by atoms with van der Waals surface area (Å²) in [7, 11) is 0. The molecule has 2 saturated heterocycles. The molecule has 1 aromatic heterocycles. The van der Waals surface area contributed by atoms with Crippen LogP contribution in [-0.4, -0.2) is 48.6 Å². The number of halogens is 1. The maximum Gasteiger partial charge on any atom is 0.226 e. The molecule has 34 heavy (non-hydrogen) atoms. The fourth-order valence-electron chi connectivity index (χ4n) is 5.49. The van der Waals surface area contributed by atoms with Crippen molar-refractivity contribution in [1.82, 2.24) is 20.7 Å². The maximum absolute atomic E-state index is 12.4. The first-order valence-corrected chi connectivity index (χ1v) is 13.0. The number of nitrogens with one attached hydrogen (secondary N) is 2. The highest BCUT2D eigenvalue weighted by Gasteiger charge is 2.44. The van der Waals surface area contributed by atoms with Gasteiger partial charge in [0.2, 0.25) is 5.91 Å². The largest absolute Gasteiger partial charge is 0.370 e. The first kappa shape index (κ1) is 23.2. The van der Waals surface area contributed by atoms with Crippen LogP contribution in [0.15, 0.2) is 42.9 Å². The van der Waals surface area contributed by atoms with Crippen LogP contribution in [0.1, 0.15) is 51.0 Å². The molecule has 3 aliphatic rings. The van der Waals surface area contributed by atoms with E-state index in [2.05, 4.69) is 63.0 Å². The lowest BCUT2D eigenvalue weighted by Gasteiger charge is -2.39. The molecular weight excluding hydrogens is 446 g/mol. The molecule has 0 saturated carbocycles. The zero-order valence-electron chi connectivity index (χ0n) is 19.9. The minimum atomic E-state index is -0.189. The molecule has 1 amide bonds. The van der Waals surface area contributed by atoms with Gasteiger partial charge in [-0.2, -0.15) is 0 Å². The summed E-state index contributed by atoms with van der Waals surface area (Å²) in [6.45, 7) is 6.60. The Balaban J connectivity index is 1.33. The normalized spacial score (nSPS) is 19.6. The van der Waals surface area contributed by atoms with Crippen LogP contribution >= 0.6 is 11.6 Å². The first-order valence-electron chi connectivity index (χ1n) is 12.6. The zero-order valence-corrected chi connectivity index (χ0v) is 20.7. The Morgan fingerprint density at radius 1 is 1.06 bits per heavy atom. The Labute approximate surface area is 207 Å². The molecule has 2 aromatic rings. The van der Waals surface area contributed by atoms with Gasteiger partial charge in [-0.25, -0.2) is 5.43 Å². The van der Waals surface area contributed by atoms with Crippen LogP contribution in [0.2, 0.25) is 5.02 Å². The van der Waals surface area contributed by atoms with E-state index in [1.54, 1.807) is 6.20 Å². The van der Waals surface area contributed by atoms with Crippen molar-refractivity contribution in [3.8, 4) is 11.1 Å².